The number of hydrogen-bond acceptors (Lipinski definition) is 6. The van der Waals surface area contributed by atoms with Gasteiger partial charge in [-0.3, -0.25) is 15.6 Å². The van der Waals surface area contributed by atoms with E-state index in [0.717, 1.165) is 6.34 Å². The lowest BCUT2D eigenvalue weighted by molar-refractivity contribution is 0.101. The van der Waals surface area contributed by atoms with Gasteiger partial charge in [0.2, 0.25) is 5.95 Å². The largest absolute Gasteiger partial charge is 0.370 e. The average Bonchev–Trinajstić information content (AvgIpc) is 2.77. The molecule has 1 aliphatic rings. The maximum Gasteiger partial charge on any atom is 0.212 e. The molecule has 0 spiro atoms. The van der Waals surface area contributed by atoms with Crippen LogP contribution in [0.2, 0.25) is 0 Å². The first kappa shape index (κ1) is 21.1. The lowest BCUT2D eigenvalue weighted by Gasteiger charge is -2.36. The summed E-state index contributed by atoms with van der Waals surface area (Å²) in [7, 11) is 1.69. The molecule has 2 aromatic rings. The van der Waals surface area contributed by atoms with Crippen LogP contribution in [0.15, 0.2) is 30.5 Å². The summed E-state index contributed by atoms with van der Waals surface area (Å²) in [5, 5.41) is 25.4. The van der Waals surface area contributed by atoms with E-state index >= 15 is 0 Å². The van der Waals surface area contributed by atoms with Crippen LogP contribution in [0.3, 0.4) is 0 Å². The zero-order valence-corrected chi connectivity index (χ0v) is 16.9. The van der Waals surface area contributed by atoms with E-state index in [2.05, 4.69) is 16.0 Å². The molecule has 0 unspecified atom stereocenters. The molecule has 0 saturated carbocycles. The SMILES string of the molecule is CC(=O)c1ccc(-c2ccc(F)nc2)c(N2CCC(C(=N)N(C)C=N)CC2)c1C#N. The Kier molecular flexibility index (Phi) is 6.21. The predicted molar refractivity (Wildman–Crippen MR) is 114 cm³/mol. The molecule has 1 saturated heterocycles. The minimum absolute atomic E-state index is 0.0188. The first-order chi connectivity index (χ1) is 14.4. The predicted octanol–water partition coefficient (Wildman–Crippen LogP) is 3.69. The number of nitriles is 1. The van der Waals surface area contributed by atoms with Crippen molar-refractivity contribution in [1.29, 1.82) is 16.1 Å². The number of piperidine rings is 1. The summed E-state index contributed by atoms with van der Waals surface area (Å²) in [6.45, 7) is 2.62. The molecule has 0 radical (unpaired) electrons. The van der Waals surface area contributed by atoms with Crippen molar-refractivity contribution in [2.75, 3.05) is 25.0 Å². The first-order valence-electron chi connectivity index (χ1n) is 9.64. The minimum atomic E-state index is -0.587. The molecule has 1 aromatic carbocycles. The highest BCUT2D eigenvalue weighted by Crippen LogP contribution is 2.38. The maximum absolute atomic E-state index is 13.3. The lowest BCUT2D eigenvalue weighted by atomic mass is 9.91. The Morgan fingerprint density at radius 3 is 2.57 bits per heavy atom. The van der Waals surface area contributed by atoms with Gasteiger partial charge in [-0.2, -0.15) is 9.65 Å². The molecule has 2 N–H and O–H groups in total. The van der Waals surface area contributed by atoms with E-state index < -0.39 is 5.95 Å². The fourth-order valence-electron chi connectivity index (χ4n) is 3.83. The van der Waals surface area contributed by atoms with Crippen molar-refractivity contribution in [2.24, 2.45) is 5.92 Å². The van der Waals surface area contributed by atoms with Crippen LogP contribution < -0.4 is 4.90 Å². The standard InChI is InChI=1S/C22H23FN6O/c1-14(30)17-4-5-18(16-3-6-20(23)27-12-16)21(19(17)11-24)29-9-7-15(8-10-29)22(26)28(2)13-25/h3-6,12-13,15,25-26H,7-10H2,1-2H3. The third kappa shape index (κ3) is 4.06. The Bertz CT molecular complexity index is 1020. The second-order valence-electron chi connectivity index (χ2n) is 7.31. The normalized spacial score (nSPS) is 14.1. The third-order valence-corrected chi connectivity index (χ3v) is 5.48. The number of aromatic nitrogens is 1. The van der Waals surface area contributed by atoms with Gasteiger partial charge in [-0.15, -0.1) is 0 Å². The van der Waals surface area contributed by atoms with Crippen molar-refractivity contribution in [3.8, 4) is 17.2 Å². The summed E-state index contributed by atoms with van der Waals surface area (Å²) < 4.78 is 13.3. The van der Waals surface area contributed by atoms with Crippen LogP contribution in [-0.4, -0.2) is 48.0 Å². The Morgan fingerprint density at radius 2 is 2.03 bits per heavy atom. The van der Waals surface area contributed by atoms with Gasteiger partial charge in [-0.1, -0.05) is 6.07 Å². The van der Waals surface area contributed by atoms with Crippen molar-refractivity contribution >= 4 is 23.6 Å². The molecule has 0 amide bonds. The number of pyridine rings is 1. The Balaban J connectivity index is 2.02. The van der Waals surface area contributed by atoms with Gasteiger partial charge in [0, 0.05) is 48.9 Å². The zero-order chi connectivity index (χ0) is 21.8. The van der Waals surface area contributed by atoms with Gasteiger partial charge in [0.1, 0.15) is 11.9 Å². The van der Waals surface area contributed by atoms with Crippen LogP contribution in [0.4, 0.5) is 10.1 Å². The number of amidine groups is 1. The van der Waals surface area contributed by atoms with Crippen molar-refractivity contribution in [1.82, 2.24) is 9.88 Å². The topological polar surface area (TPSA) is 108 Å². The van der Waals surface area contributed by atoms with Gasteiger partial charge in [-0.25, -0.2) is 4.98 Å². The first-order valence-corrected chi connectivity index (χ1v) is 9.64. The summed E-state index contributed by atoms with van der Waals surface area (Å²) in [6, 6.07) is 8.47. The summed E-state index contributed by atoms with van der Waals surface area (Å²) in [6.07, 6.45) is 3.92. The van der Waals surface area contributed by atoms with Crippen molar-refractivity contribution in [2.45, 2.75) is 19.8 Å². The number of nitrogens with zero attached hydrogens (tertiary/aromatic N) is 4. The van der Waals surface area contributed by atoms with Gasteiger partial charge >= 0.3 is 0 Å². The number of benzene rings is 1. The highest BCUT2D eigenvalue weighted by Gasteiger charge is 2.28. The van der Waals surface area contributed by atoms with Crippen molar-refractivity contribution in [3.05, 3.63) is 47.5 Å². The number of halogens is 1. The van der Waals surface area contributed by atoms with Gasteiger partial charge in [-0.05, 0) is 38.0 Å². The van der Waals surface area contributed by atoms with E-state index in [1.54, 1.807) is 25.2 Å². The van der Waals surface area contributed by atoms with Crippen LogP contribution in [0.5, 0.6) is 0 Å². The van der Waals surface area contributed by atoms with Gasteiger partial charge in [0.05, 0.1) is 17.6 Å². The molecule has 7 nitrogen and oxygen atoms in total. The van der Waals surface area contributed by atoms with Crippen LogP contribution in [0.25, 0.3) is 11.1 Å². The molecule has 2 heterocycles. The van der Waals surface area contributed by atoms with Crippen molar-refractivity contribution in [3.63, 3.8) is 0 Å². The number of ketones is 1. The third-order valence-electron chi connectivity index (χ3n) is 5.48. The summed E-state index contributed by atoms with van der Waals surface area (Å²) in [4.78, 5) is 19.4. The monoisotopic (exact) mass is 406 g/mol. The number of anilines is 1. The molecule has 1 aromatic heterocycles. The van der Waals surface area contributed by atoms with E-state index in [4.69, 9.17) is 10.8 Å². The molecule has 3 rings (SSSR count). The van der Waals surface area contributed by atoms with E-state index in [9.17, 15) is 14.4 Å². The summed E-state index contributed by atoms with van der Waals surface area (Å²) in [5.41, 5.74) is 2.67. The molecule has 0 bridgehead atoms. The summed E-state index contributed by atoms with van der Waals surface area (Å²) >= 11 is 0. The Morgan fingerprint density at radius 1 is 1.33 bits per heavy atom. The van der Waals surface area contributed by atoms with Crippen LogP contribution in [-0.2, 0) is 0 Å². The average molecular weight is 406 g/mol. The molecule has 1 aliphatic heterocycles. The molecular weight excluding hydrogens is 383 g/mol. The zero-order valence-electron chi connectivity index (χ0n) is 16.9. The van der Waals surface area contributed by atoms with Crippen LogP contribution in [0, 0.1) is 34.0 Å². The van der Waals surface area contributed by atoms with E-state index in [-0.39, 0.29) is 11.7 Å². The quantitative estimate of drug-likeness (QED) is 0.341. The Labute approximate surface area is 174 Å². The molecule has 154 valence electrons. The fraction of sp³-hybridized carbons (Fsp3) is 0.318. The molecule has 0 aliphatic carbocycles. The van der Waals surface area contributed by atoms with Crippen LogP contribution in [0.1, 0.15) is 35.7 Å². The highest BCUT2D eigenvalue weighted by atomic mass is 19.1. The van der Waals surface area contributed by atoms with Gasteiger partial charge in [0.15, 0.2) is 5.78 Å². The van der Waals surface area contributed by atoms with E-state index in [0.29, 0.717) is 59.7 Å². The Hall–Kier alpha value is -3.60. The summed E-state index contributed by atoms with van der Waals surface area (Å²) in [5.74, 6) is -0.368. The second kappa shape index (κ2) is 8.82. The molecular formula is C22H23FN6O. The number of nitrogens with one attached hydrogen (secondary N) is 2. The smallest absolute Gasteiger partial charge is 0.212 e. The van der Waals surface area contributed by atoms with Crippen LogP contribution >= 0.6 is 0 Å². The van der Waals surface area contributed by atoms with Gasteiger partial charge in [0.25, 0.3) is 0 Å². The number of hydrogen-bond donors (Lipinski definition) is 2. The number of Topliss-reactive ketones (excluding diaryl/α,β-unsaturated/α-hetero) is 1. The van der Waals surface area contributed by atoms with Crippen molar-refractivity contribution < 1.29 is 9.18 Å². The van der Waals surface area contributed by atoms with E-state index in [1.807, 2.05) is 0 Å². The number of carbonyl (C=O) groups excluding carboxylic acids is 1. The molecule has 0 atom stereocenters. The fourth-order valence-corrected chi connectivity index (χ4v) is 3.83. The molecule has 30 heavy (non-hydrogen) atoms. The molecule has 1 fully saturated rings. The lowest BCUT2D eigenvalue weighted by Crippen LogP contribution is -2.41. The number of carbonyl (C=O) groups is 1. The van der Waals surface area contributed by atoms with E-state index in [1.165, 1.54) is 24.1 Å². The van der Waals surface area contributed by atoms with Gasteiger partial charge < -0.3 is 9.80 Å². The minimum Gasteiger partial charge on any atom is -0.370 e. The maximum atomic E-state index is 13.3. The highest BCUT2D eigenvalue weighted by molar-refractivity contribution is 6.01. The number of rotatable bonds is 5. The molecule has 8 heteroatoms. The second-order valence-corrected chi connectivity index (χ2v) is 7.31.